The Bertz CT molecular complexity index is 1310. The first-order valence-electron chi connectivity index (χ1n) is 13.1. The highest BCUT2D eigenvalue weighted by Gasteiger charge is 2.20. The molecule has 1 saturated heterocycles. The average molecular weight is 488 g/mol. The van der Waals surface area contributed by atoms with Gasteiger partial charge >= 0.3 is 0 Å². The van der Waals surface area contributed by atoms with Gasteiger partial charge < -0.3 is 10.2 Å². The lowest BCUT2D eigenvalue weighted by Gasteiger charge is -2.26. The number of carbonyl (C=O) groups is 1. The lowest BCUT2D eigenvalue weighted by atomic mass is 10.0. The van der Waals surface area contributed by atoms with E-state index in [1.165, 1.54) is 50.8 Å². The number of ketones is 1. The van der Waals surface area contributed by atoms with Gasteiger partial charge in [0, 0.05) is 30.1 Å². The summed E-state index contributed by atoms with van der Waals surface area (Å²) in [5.41, 5.74) is 4.13. The zero-order valence-corrected chi connectivity index (χ0v) is 21.0. The van der Waals surface area contributed by atoms with Gasteiger partial charge in [0.05, 0.1) is 10.2 Å². The topological polar surface area (TPSA) is 62.5 Å². The number of hydrogen-bond donors (Lipinski definition) is 1. The van der Waals surface area contributed by atoms with Gasteiger partial charge in [0.15, 0.2) is 11.6 Å². The minimum Gasteiger partial charge on any atom is -0.310 e. The summed E-state index contributed by atoms with van der Waals surface area (Å²) in [5, 5.41) is 8.33. The Kier molecular flexibility index (Phi) is 6.63. The molecule has 4 aromatic rings. The van der Waals surface area contributed by atoms with Crippen molar-refractivity contribution in [2.45, 2.75) is 64.0 Å². The van der Waals surface area contributed by atoms with Crippen molar-refractivity contribution in [3.63, 3.8) is 0 Å². The van der Waals surface area contributed by atoms with Crippen LogP contribution in [0.5, 0.6) is 0 Å². The Balaban J connectivity index is 1.09. The van der Waals surface area contributed by atoms with Gasteiger partial charge in [-0.2, -0.15) is 4.98 Å². The number of Topliss-reactive ketones (excluding diaryl/α,β-unsaturated/α-hetero) is 1. The van der Waals surface area contributed by atoms with E-state index in [4.69, 9.17) is 10.1 Å². The van der Waals surface area contributed by atoms with Crippen molar-refractivity contribution >= 4 is 32.3 Å². The van der Waals surface area contributed by atoms with Crippen LogP contribution in [0.15, 0.2) is 42.5 Å². The molecule has 6 nitrogen and oxygen atoms in total. The van der Waals surface area contributed by atoms with Crippen LogP contribution in [0.3, 0.4) is 0 Å². The predicted molar refractivity (Wildman–Crippen MR) is 142 cm³/mol. The van der Waals surface area contributed by atoms with Crippen molar-refractivity contribution in [2.75, 3.05) is 19.6 Å². The molecule has 0 amide bonds. The molecular weight excluding hydrogens is 454 g/mol. The molecule has 2 aliphatic rings. The number of carbonyl (C=O) groups excluding carboxylic acids is 1. The Morgan fingerprint density at radius 1 is 1.03 bits per heavy atom. The number of nitrogens with one attached hydrogen (secondary N) is 1. The van der Waals surface area contributed by atoms with Crippen molar-refractivity contribution in [2.24, 2.45) is 0 Å². The zero-order valence-electron chi connectivity index (χ0n) is 20.2. The van der Waals surface area contributed by atoms with Crippen LogP contribution in [0.4, 0.5) is 0 Å². The van der Waals surface area contributed by atoms with Crippen LogP contribution in [0, 0.1) is 0 Å². The summed E-state index contributed by atoms with van der Waals surface area (Å²) in [4.78, 5) is 21.0. The van der Waals surface area contributed by atoms with Gasteiger partial charge in [0.25, 0.3) is 0 Å². The second-order valence-electron chi connectivity index (χ2n) is 10.0. The molecule has 1 saturated carbocycles. The van der Waals surface area contributed by atoms with Gasteiger partial charge in [0.2, 0.25) is 4.96 Å². The zero-order chi connectivity index (χ0) is 23.6. The largest absolute Gasteiger partial charge is 0.310 e. The summed E-state index contributed by atoms with van der Waals surface area (Å²) in [6, 6.07) is 15.2. The van der Waals surface area contributed by atoms with Crippen molar-refractivity contribution in [1.82, 2.24) is 24.8 Å². The second kappa shape index (κ2) is 10.2. The Morgan fingerprint density at radius 2 is 1.86 bits per heavy atom. The van der Waals surface area contributed by atoms with Gasteiger partial charge in [-0.3, -0.25) is 4.79 Å². The highest BCUT2D eigenvalue weighted by molar-refractivity contribution is 7.23. The third kappa shape index (κ3) is 5.32. The van der Waals surface area contributed by atoms with Crippen LogP contribution < -0.4 is 5.32 Å². The molecule has 0 spiro atoms. The molecule has 0 unspecified atom stereocenters. The molecule has 1 aliphatic heterocycles. The molecule has 7 heteroatoms. The van der Waals surface area contributed by atoms with Crippen molar-refractivity contribution in [3.05, 3.63) is 53.6 Å². The minimum atomic E-state index is 0.237. The molecule has 0 bridgehead atoms. The highest BCUT2D eigenvalue weighted by atomic mass is 32.1. The fraction of sp³-hybridized carbons (Fsp3) is 0.464. The monoisotopic (exact) mass is 487 g/mol. The fourth-order valence-corrected chi connectivity index (χ4v) is 5.95. The maximum atomic E-state index is 12.8. The first-order chi connectivity index (χ1) is 17.2. The highest BCUT2D eigenvalue weighted by Crippen LogP contribution is 2.29. The van der Waals surface area contributed by atoms with Crippen molar-refractivity contribution in [1.29, 1.82) is 0 Å². The third-order valence-electron chi connectivity index (χ3n) is 7.25. The normalized spacial score (nSPS) is 16.9. The van der Waals surface area contributed by atoms with Crippen LogP contribution in [0.2, 0.25) is 0 Å². The smallest absolute Gasteiger partial charge is 0.213 e. The van der Waals surface area contributed by atoms with E-state index in [1.807, 2.05) is 22.7 Å². The minimum absolute atomic E-state index is 0.237. The number of fused-ring (bicyclic) bond motifs is 3. The average Bonchev–Trinajstić information content (AvgIpc) is 3.54. The molecule has 0 atom stereocenters. The summed E-state index contributed by atoms with van der Waals surface area (Å²) < 4.78 is 2.97. The lowest BCUT2D eigenvalue weighted by molar-refractivity contribution is 0.0977. The quantitative estimate of drug-likeness (QED) is 0.230. The van der Waals surface area contributed by atoms with Crippen LogP contribution in [-0.2, 0) is 6.54 Å². The van der Waals surface area contributed by atoms with E-state index in [1.54, 1.807) is 11.3 Å². The maximum Gasteiger partial charge on any atom is 0.213 e. The number of unbranched alkanes of at least 4 members (excludes halogenated alkanes) is 1. The molecule has 35 heavy (non-hydrogen) atoms. The van der Waals surface area contributed by atoms with Gasteiger partial charge in [-0.25, -0.2) is 4.52 Å². The summed E-state index contributed by atoms with van der Waals surface area (Å²) in [6.07, 6.45) is 9.30. The van der Waals surface area contributed by atoms with E-state index in [0.717, 1.165) is 58.1 Å². The Hall–Kier alpha value is -2.61. The van der Waals surface area contributed by atoms with Gasteiger partial charge in [-0.15, -0.1) is 5.10 Å². The van der Waals surface area contributed by atoms with Crippen LogP contribution in [0.1, 0.15) is 67.3 Å². The van der Waals surface area contributed by atoms with Crippen molar-refractivity contribution < 1.29 is 4.79 Å². The summed E-state index contributed by atoms with van der Waals surface area (Å²) in [6.45, 7) is 4.50. The Morgan fingerprint density at radius 3 is 2.66 bits per heavy atom. The number of thiazole rings is 1. The number of hydrogen-bond acceptors (Lipinski definition) is 6. The van der Waals surface area contributed by atoms with Crippen LogP contribution in [-0.4, -0.2) is 51.0 Å². The van der Waals surface area contributed by atoms with Gasteiger partial charge in [0.1, 0.15) is 0 Å². The van der Waals surface area contributed by atoms with Crippen LogP contribution in [0.25, 0.3) is 26.6 Å². The standard InChI is InChI=1S/C28H33N5OS/c34-25(6-2-5-17-32-15-3-1-4-16-32)22-11-14-24-26(18-22)35-28-30-27(31-33(24)28)21-9-7-20(8-10-21)19-29-23-12-13-23/h7-11,14,18,23,29H,1-6,12-13,15-17,19H2. The maximum absolute atomic E-state index is 12.8. The molecule has 182 valence electrons. The number of rotatable bonds is 10. The molecule has 0 radical (unpaired) electrons. The Labute approximate surface area is 210 Å². The lowest BCUT2D eigenvalue weighted by Crippen LogP contribution is -2.30. The van der Waals surface area contributed by atoms with E-state index >= 15 is 0 Å². The molecule has 2 aromatic heterocycles. The van der Waals surface area contributed by atoms with E-state index in [2.05, 4.69) is 34.5 Å². The second-order valence-corrected chi connectivity index (χ2v) is 11.1. The van der Waals surface area contributed by atoms with E-state index in [-0.39, 0.29) is 5.78 Å². The molecule has 2 fully saturated rings. The fourth-order valence-electron chi connectivity index (χ4n) is 4.96. The first-order valence-corrected chi connectivity index (χ1v) is 13.9. The van der Waals surface area contributed by atoms with E-state index in [9.17, 15) is 4.79 Å². The molecule has 6 rings (SSSR count). The molecule has 1 aliphatic carbocycles. The van der Waals surface area contributed by atoms with Gasteiger partial charge in [-0.1, -0.05) is 42.0 Å². The molecule has 2 aromatic carbocycles. The number of aromatic nitrogens is 3. The summed E-state index contributed by atoms with van der Waals surface area (Å²) >= 11 is 1.60. The summed E-state index contributed by atoms with van der Waals surface area (Å²) in [7, 11) is 0. The number of piperidine rings is 1. The number of likely N-dealkylation sites (tertiary alicyclic amines) is 1. The molecule has 1 N–H and O–H groups in total. The van der Waals surface area contributed by atoms with Crippen molar-refractivity contribution in [3.8, 4) is 11.4 Å². The summed E-state index contributed by atoms with van der Waals surface area (Å²) in [5.74, 6) is 0.982. The number of benzene rings is 2. The van der Waals surface area contributed by atoms with E-state index < -0.39 is 0 Å². The predicted octanol–water partition coefficient (Wildman–Crippen LogP) is 5.70. The molecule has 3 heterocycles. The third-order valence-corrected chi connectivity index (χ3v) is 8.24. The van der Waals surface area contributed by atoms with E-state index in [0.29, 0.717) is 12.5 Å². The van der Waals surface area contributed by atoms with Crippen LogP contribution >= 0.6 is 11.3 Å². The number of nitrogens with zero attached hydrogens (tertiary/aromatic N) is 4. The first kappa shape index (κ1) is 22.8. The molecular formula is C28H33N5OS. The SMILES string of the molecule is O=C(CCCCN1CCCCC1)c1ccc2c(c1)sc1nc(-c3ccc(CNC4CC4)cc3)nn12. The van der Waals surface area contributed by atoms with Gasteiger partial charge in [-0.05, 0) is 81.9 Å².